The first-order chi connectivity index (χ1) is 9.03. The maximum Gasteiger partial charge on any atom is 0.279 e. The Morgan fingerprint density at radius 1 is 1.21 bits per heavy atom. The van der Waals surface area contributed by atoms with Crippen molar-refractivity contribution >= 4 is 10.2 Å². The van der Waals surface area contributed by atoms with Gasteiger partial charge in [-0.05, 0) is 37.5 Å². The molecule has 112 valence electrons. The molecule has 2 N–H and O–H groups in total. The minimum atomic E-state index is -3.39. The standard InChI is InChI=1S/C13H26N2O3S/c1-11-5-2-3-7-13(11)14-19(17,18)15-8-4-6-12(9-15)10-16/h11-14,16H,2-10H2,1H3. The van der Waals surface area contributed by atoms with Crippen molar-refractivity contribution < 1.29 is 13.5 Å². The number of nitrogens with one attached hydrogen (secondary N) is 1. The minimum Gasteiger partial charge on any atom is -0.396 e. The Labute approximate surface area is 116 Å². The first-order valence-corrected chi connectivity index (χ1v) is 8.85. The van der Waals surface area contributed by atoms with E-state index < -0.39 is 10.2 Å². The van der Waals surface area contributed by atoms with Crippen LogP contribution in [0.1, 0.15) is 45.4 Å². The van der Waals surface area contributed by atoms with Crippen LogP contribution in [0.15, 0.2) is 0 Å². The maximum atomic E-state index is 12.4. The molecule has 1 heterocycles. The van der Waals surface area contributed by atoms with Crippen molar-refractivity contribution in [3.8, 4) is 0 Å². The molecule has 0 aromatic rings. The second-order valence-electron chi connectivity index (χ2n) is 6.04. The minimum absolute atomic E-state index is 0.0752. The van der Waals surface area contributed by atoms with Gasteiger partial charge in [0.2, 0.25) is 0 Å². The van der Waals surface area contributed by atoms with Crippen LogP contribution in [0, 0.1) is 11.8 Å². The van der Waals surface area contributed by atoms with Crippen molar-refractivity contribution in [1.82, 2.24) is 9.03 Å². The Hall–Kier alpha value is -0.170. The Balaban J connectivity index is 1.97. The van der Waals surface area contributed by atoms with Gasteiger partial charge in [-0.3, -0.25) is 0 Å². The number of hydrogen-bond acceptors (Lipinski definition) is 3. The fraction of sp³-hybridized carbons (Fsp3) is 1.00. The third kappa shape index (κ3) is 3.90. The van der Waals surface area contributed by atoms with Crippen LogP contribution in [0.2, 0.25) is 0 Å². The summed E-state index contributed by atoms with van der Waals surface area (Å²) in [7, 11) is -3.39. The van der Waals surface area contributed by atoms with Crippen LogP contribution < -0.4 is 4.72 Å². The van der Waals surface area contributed by atoms with Gasteiger partial charge in [-0.15, -0.1) is 0 Å². The Kier molecular flexibility index (Phi) is 5.22. The lowest BCUT2D eigenvalue weighted by molar-refractivity contribution is 0.163. The molecule has 1 aliphatic carbocycles. The SMILES string of the molecule is CC1CCCCC1NS(=O)(=O)N1CCCC(CO)C1. The van der Waals surface area contributed by atoms with Crippen LogP contribution in [0.4, 0.5) is 0 Å². The molecule has 3 unspecified atom stereocenters. The van der Waals surface area contributed by atoms with Gasteiger partial charge < -0.3 is 5.11 Å². The van der Waals surface area contributed by atoms with E-state index in [4.69, 9.17) is 0 Å². The predicted octanol–water partition coefficient (Wildman–Crippen LogP) is 1.10. The van der Waals surface area contributed by atoms with Gasteiger partial charge in [-0.2, -0.15) is 17.4 Å². The fourth-order valence-electron chi connectivity index (χ4n) is 3.15. The van der Waals surface area contributed by atoms with Gasteiger partial charge in [0.1, 0.15) is 0 Å². The average Bonchev–Trinajstić information content (AvgIpc) is 2.41. The number of hydrogen-bond donors (Lipinski definition) is 2. The maximum absolute atomic E-state index is 12.4. The molecule has 1 aliphatic heterocycles. The lowest BCUT2D eigenvalue weighted by Gasteiger charge is -2.35. The molecule has 0 aromatic heterocycles. The Bertz CT molecular complexity index is 385. The summed E-state index contributed by atoms with van der Waals surface area (Å²) in [6.45, 7) is 3.23. The predicted molar refractivity (Wildman–Crippen MR) is 74.9 cm³/mol. The highest BCUT2D eigenvalue weighted by Gasteiger charge is 2.32. The number of nitrogens with zero attached hydrogens (tertiary/aromatic N) is 1. The van der Waals surface area contributed by atoms with Gasteiger partial charge in [-0.25, -0.2) is 0 Å². The number of piperidine rings is 1. The fourth-order valence-corrected chi connectivity index (χ4v) is 4.81. The van der Waals surface area contributed by atoms with Gasteiger partial charge in [0, 0.05) is 25.7 Å². The molecule has 6 heteroatoms. The summed E-state index contributed by atoms with van der Waals surface area (Å²) in [5.41, 5.74) is 0. The van der Waals surface area contributed by atoms with Crippen LogP contribution in [0.25, 0.3) is 0 Å². The van der Waals surface area contributed by atoms with E-state index in [0.29, 0.717) is 19.0 Å². The molecule has 19 heavy (non-hydrogen) atoms. The zero-order chi connectivity index (χ0) is 13.9. The molecule has 0 aromatic carbocycles. The van der Waals surface area contributed by atoms with E-state index in [1.165, 1.54) is 10.7 Å². The zero-order valence-electron chi connectivity index (χ0n) is 11.7. The smallest absolute Gasteiger partial charge is 0.279 e. The lowest BCUT2D eigenvalue weighted by atomic mass is 9.87. The molecule has 2 aliphatic rings. The van der Waals surface area contributed by atoms with E-state index in [-0.39, 0.29) is 18.6 Å². The van der Waals surface area contributed by atoms with Crippen LogP contribution >= 0.6 is 0 Å². The van der Waals surface area contributed by atoms with Crippen LogP contribution in [-0.2, 0) is 10.2 Å². The monoisotopic (exact) mass is 290 g/mol. The molecule has 0 amide bonds. The summed E-state index contributed by atoms with van der Waals surface area (Å²) >= 11 is 0. The highest BCUT2D eigenvalue weighted by atomic mass is 32.2. The summed E-state index contributed by atoms with van der Waals surface area (Å²) < 4.78 is 29.2. The van der Waals surface area contributed by atoms with Crippen molar-refractivity contribution in [2.45, 2.75) is 51.5 Å². The molecule has 5 nitrogen and oxygen atoms in total. The van der Waals surface area contributed by atoms with E-state index in [9.17, 15) is 13.5 Å². The summed E-state index contributed by atoms with van der Waals surface area (Å²) in [6, 6.07) is 0.0771. The van der Waals surface area contributed by atoms with E-state index in [1.54, 1.807) is 0 Å². The van der Waals surface area contributed by atoms with Crippen molar-refractivity contribution in [3.63, 3.8) is 0 Å². The van der Waals surface area contributed by atoms with Crippen molar-refractivity contribution in [3.05, 3.63) is 0 Å². The molecule has 2 fully saturated rings. The van der Waals surface area contributed by atoms with Gasteiger partial charge in [0.05, 0.1) is 0 Å². The Morgan fingerprint density at radius 2 is 1.95 bits per heavy atom. The van der Waals surface area contributed by atoms with Crippen LogP contribution in [0.5, 0.6) is 0 Å². The second kappa shape index (κ2) is 6.52. The molecule has 1 saturated heterocycles. The normalized spacial score (nSPS) is 34.3. The molecular weight excluding hydrogens is 264 g/mol. The van der Waals surface area contributed by atoms with E-state index in [1.807, 2.05) is 0 Å². The van der Waals surface area contributed by atoms with Crippen molar-refractivity contribution in [1.29, 1.82) is 0 Å². The van der Waals surface area contributed by atoms with Crippen LogP contribution in [0.3, 0.4) is 0 Å². The highest BCUT2D eigenvalue weighted by molar-refractivity contribution is 7.87. The van der Waals surface area contributed by atoms with Crippen molar-refractivity contribution in [2.24, 2.45) is 11.8 Å². The van der Waals surface area contributed by atoms with E-state index in [0.717, 1.165) is 32.1 Å². The molecular formula is C13H26N2O3S. The second-order valence-corrected chi connectivity index (χ2v) is 7.74. The van der Waals surface area contributed by atoms with Gasteiger partial charge >= 0.3 is 0 Å². The Morgan fingerprint density at radius 3 is 2.63 bits per heavy atom. The van der Waals surface area contributed by atoms with E-state index in [2.05, 4.69) is 11.6 Å². The summed E-state index contributed by atoms with van der Waals surface area (Å²) in [6.07, 6.45) is 6.12. The number of rotatable bonds is 4. The number of aliphatic hydroxyl groups excluding tert-OH is 1. The molecule has 0 spiro atoms. The van der Waals surface area contributed by atoms with Crippen LogP contribution in [-0.4, -0.2) is 43.6 Å². The summed E-state index contributed by atoms with van der Waals surface area (Å²) in [4.78, 5) is 0. The quantitative estimate of drug-likeness (QED) is 0.814. The van der Waals surface area contributed by atoms with Gasteiger partial charge in [-0.1, -0.05) is 19.8 Å². The summed E-state index contributed by atoms with van der Waals surface area (Å²) in [5, 5.41) is 9.20. The number of aliphatic hydroxyl groups is 1. The van der Waals surface area contributed by atoms with Crippen molar-refractivity contribution in [2.75, 3.05) is 19.7 Å². The molecule has 0 bridgehead atoms. The first kappa shape index (κ1) is 15.2. The third-order valence-corrected chi connectivity index (χ3v) is 6.10. The lowest BCUT2D eigenvalue weighted by Crippen LogP contribution is -2.51. The largest absolute Gasteiger partial charge is 0.396 e. The van der Waals surface area contributed by atoms with Gasteiger partial charge in [0.25, 0.3) is 10.2 Å². The molecule has 2 rings (SSSR count). The average molecular weight is 290 g/mol. The molecule has 3 atom stereocenters. The molecule has 0 radical (unpaired) electrons. The first-order valence-electron chi connectivity index (χ1n) is 7.41. The topological polar surface area (TPSA) is 69.6 Å². The zero-order valence-corrected chi connectivity index (χ0v) is 12.5. The van der Waals surface area contributed by atoms with Gasteiger partial charge in [0.15, 0.2) is 0 Å². The molecule has 1 saturated carbocycles. The third-order valence-electron chi connectivity index (χ3n) is 4.49. The van der Waals surface area contributed by atoms with E-state index >= 15 is 0 Å². The highest BCUT2D eigenvalue weighted by Crippen LogP contribution is 2.25. The summed E-state index contributed by atoms with van der Waals surface area (Å²) in [5.74, 6) is 0.510.